The number of aliphatic imine (C=N–C) groups is 1. The lowest BCUT2D eigenvalue weighted by Crippen LogP contribution is -2.02. The van der Waals surface area contributed by atoms with Crippen molar-refractivity contribution in [2.24, 2.45) is 10.1 Å². The van der Waals surface area contributed by atoms with Crippen LogP contribution in [0.3, 0.4) is 0 Å². The van der Waals surface area contributed by atoms with Crippen LogP contribution in [0, 0.1) is 10.1 Å². The molecule has 0 aliphatic carbocycles. The highest BCUT2D eigenvalue weighted by Gasteiger charge is 2.04. The van der Waals surface area contributed by atoms with Crippen LogP contribution in [0.2, 0.25) is 0 Å². The summed E-state index contributed by atoms with van der Waals surface area (Å²) in [6, 6.07) is 12.8. The molecule has 0 bridgehead atoms. The van der Waals surface area contributed by atoms with Gasteiger partial charge in [-0.2, -0.15) is 0 Å². The van der Waals surface area contributed by atoms with Crippen molar-refractivity contribution in [1.82, 2.24) is 0 Å². The fraction of sp³-hybridized carbons (Fsp3) is 0.125. The Balaban J connectivity index is 2.13. The molecule has 0 atom stereocenters. The third-order valence-corrected chi connectivity index (χ3v) is 2.97. The number of nitrogens with zero attached hydrogens (tertiary/aromatic N) is 3. The maximum atomic E-state index is 10.6. The van der Waals surface area contributed by atoms with Crippen LogP contribution in [-0.4, -0.2) is 28.7 Å². The second-order valence-electron chi connectivity index (χ2n) is 4.47. The van der Waals surface area contributed by atoms with Gasteiger partial charge in [0, 0.05) is 17.7 Å². The van der Waals surface area contributed by atoms with E-state index in [1.807, 2.05) is 6.92 Å². The Kier molecular flexibility index (Phi) is 5.40. The van der Waals surface area contributed by atoms with Crippen LogP contribution in [0.4, 0.5) is 11.4 Å². The van der Waals surface area contributed by atoms with Crippen LogP contribution in [-0.2, 0) is 0 Å². The minimum atomic E-state index is -0.478. The van der Waals surface area contributed by atoms with Crippen LogP contribution in [0.1, 0.15) is 12.5 Å². The first kappa shape index (κ1) is 16.2. The predicted molar refractivity (Wildman–Crippen MR) is 87.2 cm³/mol. The highest BCUT2D eigenvalue weighted by atomic mass is 16.6. The molecule has 2 aromatic rings. The normalized spacial score (nSPS) is 11.6. The van der Waals surface area contributed by atoms with Crippen molar-refractivity contribution in [3.63, 3.8) is 0 Å². The number of benzene rings is 2. The maximum absolute atomic E-state index is 10.6. The molecule has 118 valence electrons. The van der Waals surface area contributed by atoms with Gasteiger partial charge in [0.05, 0.1) is 23.4 Å². The second-order valence-corrected chi connectivity index (χ2v) is 4.47. The summed E-state index contributed by atoms with van der Waals surface area (Å²) in [5.74, 6) is 0.723. The minimum Gasteiger partial charge on any atom is -0.494 e. The number of hydrogen-bond donors (Lipinski definition) is 1. The fourth-order valence-electron chi connectivity index (χ4n) is 1.84. The first-order valence-corrected chi connectivity index (χ1v) is 6.88. The van der Waals surface area contributed by atoms with E-state index in [4.69, 9.17) is 9.94 Å². The summed E-state index contributed by atoms with van der Waals surface area (Å²) < 4.78 is 5.34. The summed E-state index contributed by atoms with van der Waals surface area (Å²) in [5.41, 5.74) is 1.45. The number of nitro benzene ring substituents is 1. The summed E-state index contributed by atoms with van der Waals surface area (Å²) in [6.07, 6.45) is 1.39. The van der Waals surface area contributed by atoms with Gasteiger partial charge in [-0.1, -0.05) is 5.16 Å². The molecule has 0 unspecified atom stereocenters. The molecule has 0 saturated carbocycles. The zero-order valence-electron chi connectivity index (χ0n) is 12.4. The molecule has 23 heavy (non-hydrogen) atoms. The number of non-ortho nitro benzene ring substituents is 1. The van der Waals surface area contributed by atoms with E-state index in [2.05, 4.69) is 10.1 Å². The van der Waals surface area contributed by atoms with E-state index in [1.165, 1.54) is 30.5 Å². The van der Waals surface area contributed by atoms with Crippen LogP contribution in [0.15, 0.2) is 58.7 Å². The molecule has 0 fully saturated rings. The third-order valence-electron chi connectivity index (χ3n) is 2.97. The molecule has 0 aliphatic heterocycles. The average molecular weight is 313 g/mol. The second kappa shape index (κ2) is 7.69. The smallest absolute Gasteiger partial charge is 0.269 e. The first-order valence-electron chi connectivity index (χ1n) is 6.88. The van der Waals surface area contributed by atoms with Gasteiger partial charge in [0.1, 0.15) is 11.5 Å². The highest BCUT2D eigenvalue weighted by Crippen LogP contribution is 2.18. The van der Waals surface area contributed by atoms with E-state index in [0.29, 0.717) is 17.9 Å². The van der Waals surface area contributed by atoms with E-state index >= 15 is 0 Å². The SMILES string of the molecule is CCOc1ccc(/C(C=Nc2ccc([N+](=O)[O-])cc2)=N\O)cc1. The number of ether oxygens (including phenoxy) is 1. The van der Waals surface area contributed by atoms with E-state index < -0.39 is 4.92 Å². The molecule has 0 aromatic heterocycles. The Morgan fingerprint density at radius 2 is 1.87 bits per heavy atom. The summed E-state index contributed by atoms with van der Waals surface area (Å²) >= 11 is 0. The van der Waals surface area contributed by atoms with Crippen molar-refractivity contribution in [3.8, 4) is 5.75 Å². The van der Waals surface area contributed by atoms with Gasteiger partial charge in [-0.15, -0.1) is 0 Å². The van der Waals surface area contributed by atoms with Crippen molar-refractivity contribution in [2.45, 2.75) is 6.92 Å². The van der Waals surface area contributed by atoms with Gasteiger partial charge < -0.3 is 9.94 Å². The number of nitro groups is 1. The topological polar surface area (TPSA) is 97.3 Å². The monoisotopic (exact) mass is 313 g/mol. The van der Waals surface area contributed by atoms with Gasteiger partial charge in [0.15, 0.2) is 0 Å². The lowest BCUT2D eigenvalue weighted by Gasteiger charge is -2.04. The number of hydrogen-bond acceptors (Lipinski definition) is 6. The molecule has 2 rings (SSSR count). The molecule has 0 radical (unpaired) electrons. The molecule has 7 nitrogen and oxygen atoms in total. The molecule has 0 amide bonds. The Hall–Kier alpha value is -3.22. The van der Waals surface area contributed by atoms with Crippen LogP contribution in [0.25, 0.3) is 0 Å². The average Bonchev–Trinajstić information content (AvgIpc) is 2.57. The molecule has 0 spiro atoms. The zero-order valence-corrected chi connectivity index (χ0v) is 12.4. The van der Waals surface area contributed by atoms with Gasteiger partial charge in [-0.25, -0.2) is 0 Å². The van der Waals surface area contributed by atoms with Crippen molar-refractivity contribution in [2.75, 3.05) is 6.61 Å². The molecule has 7 heteroatoms. The van der Waals surface area contributed by atoms with Crippen molar-refractivity contribution >= 4 is 23.3 Å². The van der Waals surface area contributed by atoms with Crippen molar-refractivity contribution in [3.05, 3.63) is 64.2 Å². The van der Waals surface area contributed by atoms with Gasteiger partial charge in [0.25, 0.3) is 5.69 Å². The fourth-order valence-corrected chi connectivity index (χ4v) is 1.84. The van der Waals surface area contributed by atoms with Gasteiger partial charge in [-0.3, -0.25) is 15.1 Å². The summed E-state index contributed by atoms with van der Waals surface area (Å²) in [6.45, 7) is 2.47. The zero-order chi connectivity index (χ0) is 16.7. The van der Waals surface area contributed by atoms with Crippen LogP contribution >= 0.6 is 0 Å². The molecule has 0 saturated heterocycles. The molecule has 1 N–H and O–H groups in total. The summed E-state index contributed by atoms with van der Waals surface area (Å²) in [4.78, 5) is 14.3. The molecular weight excluding hydrogens is 298 g/mol. The van der Waals surface area contributed by atoms with E-state index in [-0.39, 0.29) is 11.4 Å². The Morgan fingerprint density at radius 1 is 1.22 bits per heavy atom. The van der Waals surface area contributed by atoms with Gasteiger partial charge in [-0.05, 0) is 43.3 Å². The quantitative estimate of drug-likeness (QED) is 0.381. The third kappa shape index (κ3) is 4.37. The van der Waals surface area contributed by atoms with Crippen molar-refractivity contribution < 1.29 is 14.9 Å². The van der Waals surface area contributed by atoms with Crippen molar-refractivity contribution in [1.29, 1.82) is 0 Å². The number of oxime groups is 1. The largest absolute Gasteiger partial charge is 0.494 e. The Morgan fingerprint density at radius 3 is 2.39 bits per heavy atom. The van der Waals surface area contributed by atoms with E-state index in [0.717, 1.165) is 5.75 Å². The standard InChI is InChI=1S/C16H15N3O4/c1-2-23-15-9-3-12(4-10-15)16(18-20)11-17-13-5-7-14(8-6-13)19(21)22/h3-11,20H,2H2,1H3/b17-11?,18-16-. The maximum Gasteiger partial charge on any atom is 0.269 e. The molecule has 0 heterocycles. The Bertz CT molecular complexity index is 722. The predicted octanol–water partition coefficient (Wildman–Crippen LogP) is 3.57. The summed E-state index contributed by atoms with van der Waals surface area (Å²) in [7, 11) is 0. The van der Waals surface area contributed by atoms with E-state index in [9.17, 15) is 10.1 Å². The first-order chi connectivity index (χ1) is 11.1. The lowest BCUT2D eigenvalue weighted by molar-refractivity contribution is -0.384. The summed E-state index contributed by atoms with van der Waals surface area (Å²) in [5, 5.41) is 22.9. The highest BCUT2D eigenvalue weighted by molar-refractivity contribution is 6.38. The Labute approximate surface area is 132 Å². The van der Waals surface area contributed by atoms with Gasteiger partial charge >= 0.3 is 0 Å². The van der Waals surface area contributed by atoms with Crippen LogP contribution in [0.5, 0.6) is 5.75 Å². The molecule has 2 aromatic carbocycles. The minimum absolute atomic E-state index is 0.00786. The van der Waals surface area contributed by atoms with Crippen LogP contribution < -0.4 is 4.74 Å². The number of rotatable bonds is 6. The molecule has 0 aliphatic rings. The van der Waals surface area contributed by atoms with E-state index in [1.54, 1.807) is 24.3 Å². The molecular formula is C16H15N3O4. The van der Waals surface area contributed by atoms with Gasteiger partial charge in [0.2, 0.25) is 0 Å². The lowest BCUT2D eigenvalue weighted by atomic mass is 10.1.